The molecule has 4 rings (SSSR count). The molecule has 2 aromatic heterocycles. The standard InChI is InChI=1S/C26H22ClF3N4O2/c1-36-23-5-2-17(12-21(23)27)14-34-24-19-4-3-18(26(28,29)30)13-22(19)33-15-20(24)25(35)32-11-8-16-6-9-31-10-7-16/h2-7,9-10,12-13,15H,8,11,14H2,1H3,(H,32,35)(H,33,34). The van der Waals surface area contributed by atoms with E-state index in [1.54, 1.807) is 30.6 Å². The Morgan fingerprint density at radius 2 is 1.83 bits per heavy atom. The molecule has 186 valence electrons. The van der Waals surface area contributed by atoms with Crippen molar-refractivity contribution in [2.24, 2.45) is 0 Å². The number of nitrogens with zero attached hydrogens (tertiary/aromatic N) is 2. The van der Waals surface area contributed by atoms with Gasteiger partial charge in [-0.1, -0.05) is 23.7 Å². The van der Waals surface area contributed by atoms with Crippen LogP contribution in [-0.2, 0) is 19.1 Å². The zero-order valence-corrected chi connectivity index (χ0v) is 20.0. The van der Waals surface area contributed by atoms with Gasteiger partial charge in [-0.15, -0.1) is 0 Å². The van der Waals surface area contributed by atoms with Crippen LogP contribution in [0.3, 0.4) is 0 Å². The Kier molecular flexibility index (Phi) is 7.59. The summed E-state index contributed by atoms with van der Waals surface area (Å²) in [6.07, 6.45) is 0.720. The monoisotopic (exact) mass is 514 g/mol. The minimum atomic E-state index is -4.51. The normalized spacial score (nSPS) is 11.4. The molecule has 0 saturated carbocycles. The summed E-state index contributed by atoms with van der Waals surface area (Å²) in [5, 5.41) is 6.86. The van der Waals surface area contributed by atoms with E-state index in [2.05, 4.69) is 20.6 Å². The van der Waals surface area contributed by atoms with E-state index in [1.807, 2.05) is 12.1 Å². The number of rotatable bonds is 8. The molecular weight excluding hydrogens is 493 g/mol. The smallest absolute Gasteiger partial charge is 0.416 e. The number of anilines is 1. The molecule has 2 N–H and O–H groups in total. The lowest BCUT2D eigenvalue weighted by atomic mass is 10.1. The highest BCUT2D eigenvalue weighted by Crippen LogP contribution is 2.34. The van der Waals surface area contributed by atoms with E-state index in [0.29, 0.717) is 34.8 Å². The number of methoxy groups -OCH3 is 1. The first-order valence-corrected chi connectivity index (χ1v) is 11.4. The summed E-state index contributed by atoms with van der Waals surface area (Å²) >= 11 is 6.22. The Morgan fingerprint density at radius 1 is 1.06 bits per heavy atom. The number of benzene rings is 2. The summed E-state index contributed by atoms with van der Waals surface area (Å²) in [4.78, 5) is 21.2. The van der Waals surface area contributed by atoms with Crippen LogP contribution in [0, 0.1) is 0 Å². The van der Waals surface area contributed by atoms with E-state index >= 15 is 0 Å². The maximum atomic E-state index is 13.2. The van der Waals surface area contributed by atoms with E-state index in [4.69, 9.17) is 16.3 Å². The molecule has 1 amide bonds. The lowest BCUT2D eigenvalue weighted by molar-refractivity contribution is -0.137. The average Bonchev–Trinajstić information content (AvgIpc) is 2.87. The highest BCUT2D eigenvalue weighted by molar-refractivity contribution is 6.32. The van der Waals surface area contributed by atoms with E-state index in [1.165, 1.54) is 19.4 Å². The molecule has 0 spiro atoms. The third-order valence-corrected chi connectivity index (χ3v) is 5.87. The number of aromatic nitrogens is 2. The van der Waals surface area contributed by atoms with E-state index in [9.17, 15) is 18.0 Å². The summed E-state index contributed by atoms with van der Waals surface area (Å²) in [6.45, 7) is 0.628. The molecule has 0 saturated heterocycles. The van der Waals surface area contributed by atoms with Crippen LogP contribution >= 0.6 is 11.6 Å². The van der Waals surface area contributed by atoms with Crippen LogP contribution in [0.5, 0.6) is 5.75 Å². The van der Waals surface area contributed by atoms with Crippen LogP contribution in [0.4, 0.5) is 18.9 Å². The van der Waals surface area contributed by atoms with Crippen molar-refractivity contribution in [3.63, 3.8) is 0 Å². The van der Waals surface area contributed by atoms with Crippen molar-refractivity contribution in [3.8, 4) is 5.75 Å². The van der Waals surface area contributed by atoms with Crippen LogP contribution in [-0.4, -0.2) is 29.5 Å². The highest BCUT2D eigenvalue weighted by Gasteiger charge is 2.31. The molecule has 0 radical (unpaired) electrons. The fourth-order valence-electron chi connectivity index (χ4n) is 3.71. The summed E-state index contributed by atoms with van der Waals surface area (Å²) in [7, 11) is 1.51. The molecule has 0 aliphatic carbocycles. The number of hydrogen-bond acceptors (Lipinski definition) is 5. The molecular formula is C26H22ClF3N4O2. The van der Waals surface area contributed by atoms with Crippen LogP contribution in [0.2, 0.25) is 5.02 Å². The molecule has 0 unspecified atom stereocenters. The second-order valence-electron chi connectivity index (χ2n) is 7.96. The topological polar surface area (TPSA) is 76.1 Å². The Hall–Kier alpha value is -3.85. The first-order valence-electron chi connectivity index (χ1n) is 11.0. The molecule has 2 heterocycles. The Balaban J connectivity index is 1.63. The number of nitrogens with one attached hydrogen (secondary N) is 2. The molecule has 6 nitrogen and oxygen atoms in total. The van der Waals surface area contributed by atoms with Gasteiger partial charge in [0.25, 0.3) is 5.91 Å². The predicted molar refractivity (Wildman–Crippen MR) is 132 cm³/mol. The van der Waals surface area contributed by atoms with Gasteiger partial charge in [0, 0.05) is 37.1 Å². The first kappa shape index (κ1) is 25.2. The number of alkyl halides is 3. The maximum Gasteiger partial charge on any atom is 0.416 e. The number of carbonyl (C=O) groups is 1. The lowest BCUT2D eigenvalue weighted by Gasteiger charge is -2.16. The first-order chi connectivity index (χ1) is 17.3. The van der Waals surface area contributed by atoms with E-state index < -0.39 is 17.6 Å². The Bertz CT molecular complexity index is 1380. The average molecular weight is 515 g/mol. The van der Waals surface area contributed by atoms with Crippen molar-refractivity contribution in [2.75, 3.05) is 19.0 Å². The van der Waals surface area contributed by atoms with Crippen LogP contribution in [0.25, 0.3) is 10.9 Å². The molecule has 0 fully saturated rings. The van der Waals surface area contributed by atoms with Crippen molar-refractivity contribution in [1.82, 2.24) is 15.3 Å². The summed E-state index contributed by atoms with van der Waals surface area (Å²) in [5.41, 5.74) is 1.70. The maximum absolute atomic E-state index is 13.2. The van der Waals surface area contributed by atoms with Gasteiger partial charge < -0.3 is 15.4 Å². The largest absolute Gasteiger partial charge is 0.495 e. The molecule has 10 heteroatoms. The van der Waals surface area contributed by atoms with Gasteiger partial charge in [0.1, 0.15) is 5.75 Å². The number of hydrogen-bond donors (Lipinski definition) is 2. The zero-order chi connectivity index (χ0) is 25.7. The molecule has 4 aromatic rings. The van der Waals surface area contributed by atoms with Crippen molar-refractivity contribution in [3.05, 3.63) is 94.4 Å². The molecule has 0 bridgehead atoms. The van der Waals surface area contributed by atoms with Gasteiger partial charge in [-0.2, -0.15) is 13.2 Å². The number of halogens is 4. The second-order valence-corrected chi connectivity index (χ2v) is 8.37. The number of ether oxygens (including phenoxy) is 1. The fourth-order valence-corrected chi connectivity index (χ4v) is 3.99. The van der Waals surface area contributed by atoms with E-state index in [-0.39, 0.29) is 17.6 Å². The molecule has 2 aromatic carbocycles. The third kappa shape index (κ3) is 5.85. The Morgan fingerprint density at radius 3 is 2.53 bits per heavy atom. The Labute approximate surface area is 210 Å². The van der Waals surface area contributed by atoms with Gasteiger partial charge in [0.2, 0.25) is 0 Å². The highest BCUT2D eigenvalue weighted by atomic mass is 35.5. The lowest BCUT2D eigenvalue weighted by Crippen LogP contribution is -2.27. The van der Waals surface area contributed by atoms with Crippen molar-refractivity contribution in [1.29, 1.82) is 0 Å². The van der Waals surface area contributed by atoms with Gasteiger partial charge in [0.15, 0.2) is 0 Å². The molecule has 0 aliphatic rings. The number of fused-ring (bicyclic) bond motifs is 1. The van der Waals surface area contributed by atoms with Crippen LogP contribution in [0.1, 0.15) is 27.0 Å². The third-order valence-electron chi connectivity index (χ3n) is 5.58. The minimum Gasteiger partial charge on any atom is -0.495 e. The quantitative estimate of drug-likeness (QED) is 0.306. The summed E-state index contributed by atoms with van der Waals surface area (Å²) in [6, 6.07) is 12.2. The van der Waals surface area contributed by atoms with Gasteiger partial charge >= 0.3 is 6.18 Å². The molecule has 0 aliphatic heterocycles. The fraction of sp³-hybridized carbons (Fsp3) is 0.192. The van der Waals surface area contributed by atoms with Gasteiger partial charge in [-0.3, -0.25) is 14.8 Å². The molecule has 0 atom stereocenters. The predicted octanol–water partition coefficient (Wildman–Crippen LogP) is 5.90. The SMILES string of the molecule is COc1ccc(CNc2c(C(=O)NCCc3ccncc3)cnc3cc(C(F)(F)F)ccc23)cc1Cl. The van der Waals surface area contributed by atoms with Crippen LogP contribution in [0.15, 0.2) is 67.1 Å². The van der Waals surface area contributed by atoms with Crippen molar-refractivity contribution in [2.45, 2.75) is 19.1 Å². The molecule has 36 heavy (non-hydrogen) atoms. The van der Waals surface area contributed by atoms with E-state index in [0.717, 1.165) is 23.3 Å². The van der Waals surface area contributed by atoms with Gasteiger partial charge in [0.05, 0.1) is 34.5 Å². The zero-order valence-electron chi connectivity index (χ0n) is 19.2. The number of pyridine rings is 2. The van der Waals surface area contributed by atoms with Crippen LogP contribution < -0.4 is 15.4 Å². The second kappa shape index (κ2) is 10.8. The number of carbonyl (C=O) groups excluding carboxylic acids is 1. The summed E-state index contributed by atoms with van der Waals surface area (Å²) in [5.74, 6) is 0.123. The van der Waals surface area contributed by atoms with Gasteiger partial charge in [-0.25, -0.2) is 0 Å². The van der Waals surface area contributed by atoms with Gasteiger partial charge in [-0.05, 0) is 53.9 Å². The number of amides is 1. The van der Waals surface area contributed by atoms with Crippen molar-refractivity contribution >= 4 is 34.1 Å². The van der Waals surface area contributed by atoms with Crippen molar-refractivity contribution < 1.29 is 22.7 Å². The minimum absolute atomic E-state index is 0.119. The summed E-state index contributed by atoms with van der Waals surface area (Å²) < 4.78 is 44.9.